The second-order valence-corrected chi connectivity index (χ2v) is 4.95. The molecule has 24 heavy (non-hydrogen) atoms. The van der Waals surface area contributed by atoms with Crippen LogP contribution in [-0.4, -0.2) is 22.3 Å². The third-order valence-corrected chi connectivity index (χ3v) is 3.19. The van der Waals surface area contributed by atoms with Crippen molar-refractivity contribution in [1.82, 2.24) is 0 Å². The largest absolute Gasteiger partial charge is 0.508 e. The Hall–Kier alpha value is -3.40. The summed E-state index contributed by atoms with van der Waals surface area (Å²) < 4.78 is 0. The van der Waals surface area contributed by atoms with E-state index >= 15 is 0 Å². The van der Waals surface area contributed by atoms with Gasteiger partial charge in [0, 0.05) is 16.7 Å². The zero-order valence-electron chi connectivity index (χ0n) is 12.8. The molecule has 0 spiro atoms. The van der Waals surface area contributed by atoms with Crippen molar-refractivity contribution in [3.63, 3.8) is 0 Å². The highest BCUT2D eigenvalue weighted by atomic mass is 16.3. The Morgan fingerprint density at radius 1 is 0.667 bits per heavy atom. The minimum atomic E-state index is -0.0319. The normalized spacial score (nSPS) is 9.50. The molecule has 0 aromatic heterocycles. The fourth-order valence-electron chi connectivity index (χ4n) is 1.92. The summed E-state index contributed by atoms with van der Waals surface area (Å²) in [4.78, 5) is 21.9. The zero-order chi connectivity index (χ0) is 17.4. The second-order valence-electron chi connectivity index (χ2n) is 4.95. The summed E-state index contributed by atoms with van der Waals surface area (Å²) >= 11 is 0. The lowest BCUT2D eigenvalue weighted by Crippen LogP contribution is -1.99. The molecule has 2 N–H and O–H groups in total. The Labute approximate surface area is 139 Å². The molecule has 4 nitrogen and oxygen atoms in total. The third-order valence-electron chi connectivity index (χ3n) is 3.19. The molecule has 3 aromatic rings. The molecule has 3 rings (SSSR count). The Kier molecular flexibility index (Phi) is 5.86. The number of aldehydes is 1. The molecule has 3 aromatic carbocycles. The molecule has 0 atom stereocenters. The fourth-order valence-corrected chi connectivity index (χ4v) is 1.92. The van der Waals surface area contributed by atoms with E-state index < -0.39 is 0 Å². The lowest BCUT2D eigenvalue weighted by Gasteiger charge is -2.00. The van der Waals surface area contributed by atoms with Gasteiger partial charge in [-0.25, -0.2) is 0 Å². The Morgan fingerprint density at radius 3 is 1.62 bits per heavy atom. The lowest BCUT2D eigenvalue weighted by atomic mass is 10.0. The fraction of sp³-hybridized carbons (Fsp3) is 0. The molecule has 0 bridgehead atoms. The predicted molar refractivity (Wildman–Crippen MR) is 91.5 cm³/mol. The van der Waals surface area contributed by atoms with Crippen LogP contribution in [0, 0.1) is 0 Å². The Morgan fingerprint density at radius 2 is 1.12 bits per heavy atom. The number of rotatable bonds is 3. The summed E-state index contributed by atoms with van der Waals surface area (Å²) in [6.45, 7) is 0. The van der Waals surface area contributed by atoms with E-state index in [1.807, 2.05) is 18.2 Å². The van der Waals surface area contributed by atoms with Crippen molar-refractivity contribution in [2.45, 2.75) is 0 Å². The monoisotopic (exact) mass is 320 g/mol. The van der Waals surface area contributed by atoms with Gasteiger partial charge in [-0.15, -0.1) is 0 Å². The van der Waals surface area contributed by atoms with E-state index in [1.165, 1.54) is 24.3 Å². The van der Waals surface area contributed by atoms with Crippen LogP contribution in [-0.2, 0) is 0 Å². The summed E-state index contributed by atoms with van der Waals surface area (Å²) in [5, 5.41) is 17.8. The van der Waals surface area contributed by atoms with Crippen molar-refractivity contribution in [2.75, 3.05) is 0 Å². The number of phenols is 2. The van der Waals surface area contributed by atoms with Crippen LogP contribution in [0.2, 0.25) is 0 Å². The number of benzene rings is 3. The zero-order valence-corrected chi connectivity index (χ0v) is 12.8. The Bertz CT molecular complexity index is 791. The molecule has 0 fully saturated rings. The molecular weight excluding hydrogens is 304 g/mol. The number of phenolic OH excluding ortho intramolecular Hbond substituents is 2. The number of aromatic hydroxyl groups is 2. The summed E-state index contributed by atoms with van der Waals surface area (Å²) in [6.07, 6.45) is 0.736. The minimum Gasteiger partial charge on any atom is -0.508 e. The van der Waals surface area contributed by atoms with Gasteiger partial charge in [0.1, 0.15) is 17.8 Å². The van der Waals surface area contributed by atoms with Crippen LogP contribution >= 0.6 is 0 Å². The maximum atomic E-state index is 11.9. The van der Waals surface area contributed by atoms with E-state index in [0.717, 1.165) is 6.29 Å². The van der Waals surface area contributed by atoms with E-state index in [0.29, 0.717) is 16.7 Å². The highest BCUT2D eigenvalue weighted by Gasteiger charge is 2.07. The number of ketones is 1. The first kappa shape index (κ1) is 17.0. The van der Waals surface area contributed by atoms with E-state index in [-0.39, 0.29) is 17.3 Å². The predicted octanol–water partition coefficient (Wildman–Crippen LogP) is 3.83. The standard InChI is InChI=1S/C13H10O2.C7H6O2/c14-12-8-6-11(7-9-12)13(15)10-4-2-1-3-5-10;8-5-6-1-3-7(9)4-2-6/h1-9,14H;1-5,9H. The number of carbonyl (C=O) groups is 2. The van der Waals surface area contributed by atoms with Gasteiger partial charge in [0.15, 0.2) is 5.78 Å². The minimum absolute atomic E-state index is 0.0319. The molecule has 0 aliphatic carbocycles. The molecule has 4 heteroatoms. The van der Waals surface area contributed by atoms with Gasteiger partial charge in [-0.2, -0.15) is 0 Å². The lowest BCUT2D eigenvalue weighted by molar-refractivity contribution is 0.103. The Balaban J connectivity index is 0.000000198. The molecule has 0 heterocycles. The molecule has 0 saturated heterocycles. The SMILES string of the molecule is O=C(c1ccccc1)c1ccc(O)cc1.O=Cc1ccc(O)cc1. The molecule has 0 saturated carbocycles. The van der Waals surface area contributed by atoms with Crippen LogP contribution in [0.25, 0.3) is 0 Å². The third kappa shape index (κ3) is 4.81. The molecule has 0 amide bonds. The molecule has 0 aliphatic rings. The van der Waals surface area contributed by atoms with Crippen LogP contribution in [0.15, 0.2) is 78.9 Å². The summed E-state index contributed by atoms with van der Waals surface area (Å²) in [7, 11) is 0. The van der Waals surface area contributed by atoms with Gasteiger partial charge >= 0.3 is 0 Å². The van der Waals surface area contributed by atoms with Crippen LogP contribution < -0.4 is 0 Å². The van der Waals surface area contributed by atoms with Gasteiger partial charge < -0.3 is 10.2 Å². The van der Waals surface area contributed by atoms with Gasteiger partial charge in [-0.3, -0.25) is 9.59 Å². The van der Waals surface area contributed by atoms with Crippen molar-refractivity contribution in [3.8, 4) is 11.5 Å². The average Bonchev–Trinajstić information content (AvgIpc) is 2.64. The van der Waals surface area contributed by atoms with Crippen molar-refractivity contribution in [2.24, 2.45) is 0 Å². The maximum Gasteiger partial charge on any atom is 0.193 e. The highest BCUT2D eigenvalue weighted by molar-refractivity contribution is 6.08. The van der Waals surface area contributed by atoms with Crippen LogP contribution in [0.4, 0.5) is 0 Å². The van der Waals surface area contributed by atoms with Crippen molar-refractivity contribution >= 4 is 12.1 Å². The van der Waals surface area contributed by atoms with Crippen molar-refractivity contribution in [3.05, 3.63) is 95.6 Å². The van der Waals surface area contributed by atoms with Gasteiger partial charge in [0.25, 0.3) is 0 Å². The van der Waals surface area contributed by atoms with E-state index in [1.54, 1.807) is 36.4 Å². The molecule has 0 aliphatic heterocycles. The first-order valence-electron chi connectivity index (χ1n) is 7.23. The summed E-state index contributed by atoms with van der Waals surface area (Å²) in [6, 6.07) is 21.4. The number of carbonyl (C=O) groups excluding carboxylic acids is 2. The van der Waals surface area contributed by atoms with Gasteiger partial charge in [0.2, 0.25) is 0 Å². The number of hydrogen-bond donors (Lipinski definition) is 2. The van der Waals surface area contributed by atoms with Gasteiger partial charge in [0.05, 0.1) is 0 Å². The average molecular weight is 320 g/mol. The smallest absolute Gasteiger partial charge is 0.193 e. The van der Waals surface area contributed by atoms with E-state index in [9.17, 15) is 9.59 Å². The maximum absolute atomic E-state index is 11.9. The van der Waals surface area contributed by atoms with Crippen molar-refractivity contribution < 1.29 is 19.8 Å². The summed E-state index contributed by atoms with van der Waals surface area (Å²) in [5.41, 5.74) is 1.81. The van der Waals surface area contributed by atoms with Gasteiger partial charge in [-0.05, 0) is 48.5 Å². The topological polar surface area (TPSA) is 74.6 Å². The first-order chi connectivity index (χ1) is 11.6. The van der Waals surface area contributed by atoms with Gasteiger partial charge in [-0.1, -0.05) is 30.3 Å². The molecule has 0 unspecified atom stereocenters. The first-order valence-corrected chi connectivity index (χ1v) is 7.23. The van der Waals surface area contributed by atoms with Crippen molar-refractivity contribution in [1.29, 1.82) is 0 Å². The quantitative estimate of drug-likeness (QED) is 0.568. The van der Waals surface area contributed by atoms with Crippen LogP contribution in [0.1, 0.15) is 26.3 Å². The highest BCUT2D eigenvalue weighted by Crippen LogP contribution is 2.13. The molecule has 0 radical (unpaired) electrons. The van der Waals surface area contributed by atoms with Crippen LogP contribution in [0.3, 0.4) is 0 Å². The van der Waals surface area contributed by atoms with E-state index in [4.69, 9.17) is 10.2 Å². The molecular formula is C20H16O4. The van der Waals surface area contributed by atoms with Crippen LogP contribution in [0.5, 0.6) is 11.5 Å². The number of hydrogen-bond acceptors (Lipinski definition) is 4. The summed E-state index contributed by atoms with van der Waals surface area (Å²) in [5.74, 6) is 0.316. The second kappa shape index (κ2) is 8.29. The van der Waals surface area contributed by atoms with E-state index in [2.05, 4.69) is 0 Å². The molecule has 120 valence electrons.